The zero-order chi connectivity index (χ0) is 10.8. The molecule has 2 N–H and O–H groups in total. The van der Waals surface area contributed by atoms with Crippen molar-refractivity contribution in [2.45, 2.75) is 13.0 Å². The van der Waals surface area contributed by atoms with Crippen molar-refractivity contribution in [3.8, 4) is 5.82 Å². The van der Waals surface area contributed by atoms with Gasteiger partial charge in [0.1, 0.15) is 0 Å². The molecule has 2 rings (SSSR count). The summed E-state index contributed by atoms with van der Waals surface area (Å²) >= 11 is 5.76. The van der Waals surface area contributed by atoms with E-state index in [1.54, 1.807) is 23.3 Å². The number of halogens is 1. The van der Waals surface area contributed by atoms with Crippen LogP contribution < -0.4 is 5.73 Å². The first-order chi connectivity index (χ1) is 7.16. The van der Waals surface area contributed by atoms with Gasteiger partial charge in [-0.05, 0) is 18.6 Å². The van der Waals surface area contributed by atoms with Crippen LogP contribution in [-0.4, -0.2) is 14.8 Å². The van der Waals surface area contributed by atoms with E-state index in [9.17, 15) is 0 Å². The van der Waals surface area contributed by atoms with Crippen LogP contribution in [0, 0.1) is 0 Å². The van der Waals surface area contributed by atoms with E-state index in [-0.39, 0.29) is 6.04 Å². The molecule has 4 nitrogen and oxygen atoms in total. The zero-order valence-electron chi connectivity index (χ0n) is 8.26. The van der Waals surface area contributed by atoms with Gasteiger partial charge in [0.15, 0.2) is 5.82 Å². The van der Waals surface area contributed by atoms with Gasteiger partial charge in [0.2, 0.25) is 0 Å². The van der Waals surface area contributed by atoms with E-state index < -0.39 is 0 Å². The highest BCUT2D eigenvalue weighted by Gasteiger charge is 2.02. The highest BCUT2D eigenvalue weighted by atomic mass is 35.5. The highest BCUT2D eigenvalue weighted by Crippen LogP contribution is 2.12. The van der Waals surface area contributed by atoms with Crippen molar-refractivity contribution in [1.29, 1.82) is 0 Å². The van der Waals surface area contributed by atoms with Crippen LogP contribution in [0.2, 0.25) is 5.02 Å². The Bertz CT molecular complexity index is 447. The van der Waals surface area contributed by atoms with Crippen molar-refractivity contribution >= 4 is 11.6 Å². The van der Waals surface area contributed by atoms with Crippen molar-refractivity contribution in [3.63, 3.8) is 0 Å². The fourth-order valence-electron chi connectivity index (χ4n) is 1.23. The molecule has 2 aromatic heterocycles. The smallest absolute Gasteiger partial charge is 0.153 e. The minimum Gasteiger partial charge on any atom is -0.324 e. The number of hydrogen-bond donors (Lipinski definition) is 1. The average Bonchev–Trinajstić information content (AvgIpc) is 2.65. The Morgan fingerprint density at radius 1 is 1.40 bits per heavy atom. The van der Waals surface area contributed by atoms with Crippen LogP contribution >= 0.6 is 11.6 Å². The first-order valence-electron chi connectivity index (χ1n) is 4.59. The summed E-state index contributed by atoms with van der Waals surface area (Å²) < 4.78 is 1.62. The number of rotatable bonds is 2. The average molecular weight is 223 g/mol. The minimum atomic E-state index is -0.00670. The molecule has 1 atom stereocenters. The van der Waals surface area contributed by atoms with Crippen LogP contribution in [0.5, 0.6) is 0 Å². The Kier molecular flexibility index (Phi) is 2.70. The Labute approximate surface area is 92.7 Å². The van der Waals surface area contributed by atoms with Crippen molar-refractivity contribution in [2.75, 3.05) is 0 Å². The SMILES string of the molecule is C[C@@H](N)c1ccc(-n2cc(Cl)cn2)nc1. The third-order valence-electron chi connectivity index (χ3n) is 2.08. The molecule has 0 aliphatic heterocycles. The maximum Gasteiger partial charge on any atom is 0.153 e. The van der Waals surface area contributed by atoms with Crippen molar-refractivity contribution < 1.29 is 0 Å². The zero-order valence-corrected chi connectivity index (χ0v) is 9.02. The lowest BCUT2D eigenvalue weighted by Crippen LogP contribution is -2.06. The van der Waals surface area contributed by atoms with Gasteiger partial charge in [-0.3, -0.25) is 0 Å². The molecule has 2 aromatic rings. The normalized spacial score (nSPS) is 12.7. The molecule has 0 spiro atoms. The minimum absolute atomic E-state index is 0.00670. The van der Waals surface area contributed by atoms with Crippen LogP contribution in [0.3, 0.4) is 0 Å². The first kappa shape index (κ1) is 10.1. The number of nitrogens with two attached hydrogens (primary N) is 1. The second-order valence-electron chi connectivity index (χ2n) is 3.34. The van der Waals surface area contributed by atoms with Crippen molar-refractivity contribution in [3.05, 3.63) is 41.3 Å². The molecular formula is C10H11ClN4. The lowest BCUT2D eigenvalue weighted by atomic mass is 10.2. The molecule has 78 valence electrons. The summed E-state index contributed by atoms with van der Waals surface area (Å²) in [5.41, 5.74) is 6.72. The van der Waals surface area contributed by atoms with Gasteiger partial charge in [-0.1, -0.05) is 17.7 Å². The van der Waals surface area contributed by atoms with E-state index >= 15 is 0 Å². The predicted molar refractivity (Wildman–Crippen MR) is 59.0 cm³/mol. The summed E-state index contributed by atoms with van der Waals surface area (Å²) in [7, 11) is 0. The molecule has 2 heterocycles. The maximum atomic E-state index is 5.76. The van der Waals surface area contributed by atoms with E-state index in [0.29, 0.717) is 5.02 Å². The quantitative estimate of drug-likeness (QED) is 0.845. The molecule has 5 heteroatoms. The standard InChI is InChI=1S/C10H11ClN4/c1-7(12)8-2-3-10(13-4-8)15-6-9(11)5-14-15/h2-7H,12H2,1H3/t7-/m1/s1. The topological polar surface area (TPSA) is 56.7 Å². The van der Waals surface area contributed by atoms with E-state index in [0.717, 1.165) is 11.4 Å². The molecule has 0 aromatic carbocycles. The molecule has 0 aliphatic rings. The molecule has 0 aliphatic carbocycles. The van der Waals surface area contributed by atoms with Crippen LogP contribution in [0.4, 0.5) is 0 Å². The lowest BCUT2D eigenvalue weighted by Gasteiger charge is -2.05. The number of aromatic nitrogens is 3. The van der Waals surface area contributed by atoms with Crippen LogP contribution in [-0.2, 0) is 0 Å². The summed E-state index contributed by atoms with van der Waals surface area (Å²) in [6.07, 6.45) is 5.02. The van der Waals surface area contributed by atoms with E-state index in [2.05, 4.69) is 10.1 Å². The largest absolute Gasteiger partial charge is 0.324 e. The van der Waals surface area contributed by atoms with Crippen LogP contribution in [0.15, 0.2) is 30.7 Å². The molecule has 15 heavy (non-hydrogen) atoms. The Hall–Kier alpha value is -1.39. The summed E-state index contributed by atoms with van der Waals surface area (Å²) in [6, 6.07) is 3.79. The summed E-state index contributed by atoms with van der Waals surface area (Å²) in [5, 5.41) is 4.64. The first-order valence-corrected chi connectivity index (χ1v) is 4.96. The number of pyridine rings is 1. The van der Waals surface area contributed by atoms with Gasteiger partial charge >= 0.3 is 0 Å². The Morgan fingerprint density at radius 2 is 2.20 bits per heavy atom. The Morgan fingerprint density at radius 3 is 2.67 bits per heavy atom. The van der Waals surface area contributed by atoms with Crippen LogP contribution in [0.25, 0.3) is 5.82 Å². The third-order valence-corrected chi connectivity index (χ3v) is 2.28. The van der Waals surface area contributed by atoms with Gasteiger partial charge < -0.3 is 5.73 Å². The number of nitrogens with zero attached hydrogens (tertiary/aromatic N) is 3. The molecule has 0 radical (unpaired) electrons. The molecule has 0 fully saturated rings. The Balaban J connectivity index is 2.31. The molecule has 0 bridgehead atoms. The molecular weight excluding hydrogens is 212 g/mol. The van der Waals surface area contributed by atoms with Gasteiger partial charge in [-0.2, -0.15) is 5.10 Å². The molecule has 0 saturated carbocycles. The lowest BCUT2D eigenvalue weighted by molar-refractivity contribution is 0.797. The molecule has 0 amide bonds. The monoisotopic (exact) mass is 222 g/mol. The van der Waals surface area contributed by atoms with Gasteiger partial charge in [-0.15, -0.1) is 0 Å². The molecule has 0 unspecified atom stereocenters. The van der Waals surface area contributed by atoms with Crippen LogP contribution in [0.1, 0.15) is 18.5 Å². The third kappa shape index (κ3) is 2.16. The fraction of sp³-hybridized carbons (Fsp3) is 0.200. The van der Waals surface area contributed by atoms with E-state index in [1.165, 1.54) is 0 Å². The second-order valence-corrected chi connectivity index (χ2v) is 3.78. The maximum absolute atomic E-state index is 5.76. The fourth-order valence-corrected chi connectivity index (χ4v) is 1.36. The van der Waals surface area contributed by atoms with Crippen molar-refractivity contribution in [2.24, 2.45) is 5.73 Å². The van der Waals surface area contributed by atoms with Gasteiger partial charge in [0, 0.05) is 12.2 Å². The van der Waals surface area contributed by atoms with Gasteiger partial charge in [0.05, 0.1) is 17.4 Å². The summed E-state index contributed by atoms with van der Waals surface area (Å²) in [5.74, 6) is 0.728. The van der Waals surface area contributed by atoms with E-state index in [4.69, 9.17) is 17.3 Å². The van der Waals surface area contributed by atoms with Gasteiger partial charge in [-0.25, -0.2) is 9.67 Å². The molecule has 0 saturated heterocycles. The van der Waals surface area contributed by atoms with Crippen molar-refractivity contribution in [1.82, 2.24) is 14.8 Å². The summed E-state index contributed by atoms with van der Waals surface area (Å²) in [6.45, 7) is 1.92. The summed E-state index contributed by atoms with van der Waals surface area (Å²) in [4.78, 5) is 4.25. The van der Waals surface area contributed by atoms with Gasteiger partial charge in [0.25, 0.3) is 0 Å². The second kappa shape index (κ2) is 4.00. The number of hydrogen-bond acceptors (Lipinski definition) is 3. The predicted octanol–water partition coefficient (Wildman–Crippen LogP) is 1.94. The highest BCUT2D eigenvalue weighted by molar-refractivity contribution is 6.30. The van der Waals surface area contributed by atoms with E-state index in [1.807, 2.05) is 19.1 Å².